The largest absolute Gasteiger partial charge is 0.398 e. The van der Waals surface area contributed by atoms with Gasteiger partial charge in [0.05, 0.1) is 11.7 Å². The van der Waals surface area contributed by atoms with E-state index in [-0.39, 0.29) is 5.69 Å². The Morgan fingerprint density at radius 2 is 2.25 bits per heavy atom. The average molecular weight is 298 g/mol. The minimum absolute atomic E-state index is 0.133. The van der Waals surface area contributed by atoms with Gasteiger partial charge in [-0.25, -0.2) is 22.5 Å². The van der Waals surface area contributed by atoms with Crippen molar-refractivity contribution in [2.45, 2.75) is 24.3 Å². The zero-order valence-corrected chi connectivity index (χ0v) is 11.6. The lowest BCUT2D eigenvalue weighted by Gasteiger charge is -2.16. The van der Waals surface area contributed by atoms with Crippen molar-refractivity contribution in [3.63, 3.8) is 0 Å². The summed E-state index contributed by atoms with van der Waals surface area (Å²) >= 11 is 0. The smallest absolute Gasteiger partial charge is 0.246 e. The van der Waals surface area contributed by atoms with E-state index in [1.54, 1.807) is 13.1 Å². The number of benzene rings is 1. The number of sulfonamides is 1. The van der Waals surface area contributed by atoms with Crippen molar-refractivity contribution in [1.82, 2.24) is 14.7 Å². The van der Waals surface area contributed by atoms with Crippen LogP contribution in [0.3, 0.4) is 0 Å². The standard InChI is InChI=1S/C12H15FN4O2S/c1-2-10(12-15-6-7-16-12)17-20(18,19)11-8(13)4-3-5-9(11)14/h3-7,10,17H,2,14H2,1H3,(H,15,16). The number of nitrogens with zero attached hydrogens (tertiary/aromatic N) is 1. The topological polar surface area (TPSA) is 101 Å². The monoisotopic (exact) mass is 298 g/mol. The lowest BCUT2D eigenvalue weighted by atomic mass is 10.2. The number of aromatic nitrogens is 2. The second kappa shape index (κ2) is 5.59. The minimum atomic E-state index is -4.07. The van der Waals surface area contributed by atoms with Crippen molar-refractivity contribution in [3.8, 4) is 0 Å². The van der Waals surface area contributed by atoms with Crippen LogP contribution in [0.1, 0.15) is 25.2 Å². The summed E-state index contributed by atoms with van der Waals surface area (Å²) in [6, 6.07) is 3.17. The molecule has 2 aromatic rings. The molecular formula is C12H15FN4O2S. The van der Waals surface area contributed by atoms with Crippen molar-refractivity contribution in [3.05, 3.63) is 42.2 Å². The van der Waals surface area contributed by atoms with Crippen LogP contribution in [0.15, 0.2) is 35.5 Å². The summed E-state index contributed by atoms with van der Waals surface area (Å²) in [5.41, 5.74) is 5.43. The van der Waals surface area contributed by atoms with E-state index in [0.717, 1.165) is 6.07 Å². The number of halogens is 1. The molecule has 0 bridgehead atoms. The van der Waals surface area contributed by atoms with Gasteiger partial charge in [0, 0.05) is 12.4 Å². The first-order valence-corrected chi connectivity index (χ1v) is 7.49. The van der Waals surface area contributed by atoms with Crippen molar-refractivity contribution in [2.75, 3.05) is 5.73 Å². The summed E-state index contributed by atoms with van der Waals surface area (Å²) < 4.78 is 40.7. The van der Waals surface area contributed by atoms with Crippen LogP contribution in [-0.2, 0) is 10.0 Å². The molecule has 108 valence electrons. The molecular weight excluding hydrogens is 283 g/mol. The fourth-order valence-corrected chi connectivity index (χ4v) is 3.33. The molecule has 0 saturated heterocycles. The van der Waals surface area contributed by atoms with Gasteiger partial charge in [-0.15, -0.1) is 0 Å². The molecule has 0 spiro atoms. The van der Waals surface area contributed by atoms with Gasteiger partial charge >= 0.3 is 0 Å². The van der Waals surface area contributed by atoms with Crippen LogP contribution in [0.25, 0.3) is 0 Å². The lowest BCUT2D eigenvalue weighted by Crippen LogP contribution is -2.30. The molecule has 1 atom stereocenters. The maximum atomic E-state index is 13.7. The molecule has 0 amide bonds. The normalized spacial score (nSPS) is 13.3. The number of anilines is 1. The van der Waals surface area contributed by atoms with Gasteiger partial charge in [-0.3, -0.25) is 0 Å². The number of hydrogen-bond acceptors (Lipinski definition) is 4. The molecule has 4 N–H and O–H groups in total. The molecule has 1 aromatic carbocycles. The molecule has 0 saturated carbocycles. The van der Waals surface area contributed by atoms with Gasteiger partial charge in [-0.2, -0.15) is 0 Å². The first-order valence-electron chi connectivity index (χ1n) is 6.01. The number of nitrogens with two attached hydrogens (primary N) is 1. The predicted molar refractivity (Wildman–Crippen MR) is 72.8 cm³/mol. The Kier molecular flexibility index (Phi) is 4.05. The highest BCUT2D eigenvalue weighted by Gasteiger charge is 2.26. The highest BCUT2D eigenvalue weighted by molar-refractivity contribution is 7.89. The fraction of sp³-hybridized carbons (Fsp3) is 0.250. The zero-order valence-electron chi connectivity index (χ0n) is 10.8. The van der Waals surface area contributed by atoms with Gasteiger partial charge in [-0.05, 0) is 18.6 Å². The van der Waals surface area contributed by atoms with Crippen molar-refractivity contribution in [2.24, 2.45) is 0 Å². The third-order valence-electron chi connectivity index (χ3n) is 2.82. The van der Waals surface area contributed by atoms with Crippen molar-refractivity contribution < 1.29 is 12.8 Å². The molecule has 8 heteroatoms. The van der Waals surface area contributed by atoms with Gasteiger partial charge < -0.3 is 10.7 Å². The van der Waals surface area contributed by atoms with Crippen LogP contribution in [0.2, 0.25) is 0 Å². The summed E-state index contributed by atoms with van der Waals surface area (Å²) in [6.45, 7) is 1.79. The van der Waals surface area contributed by atoms with E-state index in [0.29, 0.717) is 12.2 Å². The van der Waals surface area contributed by atoms with E-state index in [9.17, 15) is 12.8 Å². The Morgan fingerprint density at radius 3 is 2.80 bits per heavy atom. The Bertz CT molecular complexity index is 665. The first-order chi connectivity index (χ1) is 9.45. The van der Waals surface area contributed by atoms with E-state index in [1.807, 2.05) is 0 Å². The Morgan fingerprint density at radius 1 is 1.50 bits per heavy atom. The van der Waals surface area contributed by atoms with Crippen LogP contribution >= 0.6 is 0 Å². The minimum Gasteiger partial charge on any atom is -0.398 e. The lowest BCUT2D eigenvalue weighted by molar-refractivity contribution is 0.528. The highest BCUT2D eigenvalue weighted by Crippen LogP contribution is 2.24. The van der Waals surface area contributed by atoms with E-state index in [1.165, 1.54) is 18.3 Å². The van der Waals surface area contributed by atoms with Crippen molar-refractivity contribution in [1.29, 1.82) is 0 Å². The summed E-state index contributed by atoms with van der Waals surface area (Å²) in [5.74, 6) is -0.419. The molecule has 1 heterocycles. The number of aromatic amines is 1. The maximum absolute atomic E-state index is 13.7. The summed E-state index contributed by atoms with van der Waals surface area (Å²) in [7, 11) is -4.07. The van der Waals surface area contributed by atoms with E-state index in [2.05, 4.69) is 14.7 Å². The molecule has 1 unspecified atom stereocenters. The summed E-state index contributed by atoms with van der Waals surface area (Å²) in [5, 5.41) is 0. The second-order valence-electron chi connectivity index (χ2n) is 4.21. The van der Waals surface area contributed by atoms with E-state index < -0.39 is 26.8 Å². The summed E-state index contributed by atoms with van der Waals surface area (Å²) in [6.07, 6.45) is 3.56. The molecule has 1 aromatic heterocycles. The Labute approximate surface area is 116 Å². The quantitative estimate of drug-likeness (QED) is 0.729. The highest BCUT2D eigenvalue weighted by atomic mass is 32.2. The van der Waals surface area contributed by atoms with Gasteiger partial charge in [0.2, 0.25) is 10.0 Å². The molecule has 20 heavy (non-hydrogen) atoms. The van der Waals surface area contributed by atoms with Gasteiger partial charge in [0.15, 0.2) is 0 Å². The zero-order chi connectivity index (χ0) is 14.8. The van der Waals surface area contributed by atoms with Crippen LogP contribution < -0.4 is 10.5 Å². The van der Waals surface area contributed by atoms with E-state index in [4.69, 9.17) is 5.73 Å². The molecule has 0 aliphatic heterocycles. The fourth-order valence-electron chi connectivity index (χ4n) is 1.86. The molecule has 6 nitrogen and oxygen atoms in total. The van der Waals surface area contributed by atoms with E-state index >= 15 is 0 Å². The number of hydrogen-bond donors (Lipinski definition) is 3. The predicted octanol–water partition coefficient (Wildman–Crippen LogP) is 1.56. The number of nitrogen functional groups attached to an aromatic ring is 1. The average Bonchev–Trinajstić information content (AvgIpc) is 2.89. The molecule has 2 rings (SSSR count). The van der Waals surface area contributed by atoms with Gasteiger partial charge in [-0.1, -0.05) is 13.0 Å². The Balaban J connectivity index is 2.36. The van der Waals surface area contributed by atoms with Gasteiger partial charge in [0.25, 0.3) is 0 Å². The number of H-pyrrole nitrogens is 1. The van der Waals surface area contributed by atoms with Crippen LogP contribution in [0.4, 0.5) is 10.1 Å². The molecule has 0 radical (unpaired) electrons. The maximum Gasteiger partial charge on any atom is 0.246 e. The molecule has 0 aliphatic carbocycles. The first kappa shape index (κ1) is 14.5. The van der Waals surface area contributed by atoms with Crippen molar-refractivity contribution >= 4 is 15.7 Å². The third-order valence-corrected chi connectivity index (χ3v) is 4.38. The molecule has 0 fully saturated rings. The Hall–Kier alpha value is -1.93. The number of rotatable bonds is 5. The van der Waals surface area contributed by atoms with Crippen LogP contribution in [0.5, 0.6) is 0 Å². The second-order valence-corrected chi connectivity index (χ2v) is 5.87. The summed E-state index contributed by atoms with van der Waals surface area (Å²) in [4.78, 5) is 6.29. The molecule has 0 aliphatic rings. The SMILES string of the molecule is CCC(NS(=O)(=O)c1c(N)cccc1F)c1ncc[nH]1. The number of imidazole rings is 1. The van der Waals surface area contributed by atoms with Crippen LogP contribution in [-0.4, -0.2) is 18.4 Å². The third kappa shape index (κ3) is 2.81. The van der Waals surface area contributed by atoms with Gasteiger partial charge in [0.1, 0.15) is 16.5 Å². The number of nitrogens with one attached hydrogen (secondary N) is 2. The van der Waals surface area contributed by atoms with Crippen LogP contribution in [0, 0.1) is 5.82 Å².